The van der Waals surface area contributed by atoms with Gasteiger partial charge in [0, 0.05) is 42.4 Å². The van der Waals surface area contributed by atoms with Crippen LogP contribution in [-0.2, 0) is 15.7 Å². The highest BCUT2D eigenvalue weighted by Crippen LogP contribution is 2.38. The number of carbonyl (C=O) groups excluding carboxylic acids is 2. The maximum absolute atomic E-state index is 14.0. The lowest BCUT2D eigenvalue weighted by molar-refractivity contribution is -0.147. The molecule has 226 valence electrons. The lowest BCUT2D eigenvalue weighted by Gasteiger charge is -2.22. The summed E-state index contributed by atoms with van der Waals surface area (Å²) in [5.41, 5.74) is 5.12. The number of pyridine rings is 1. The van der Waals surface area contributed by atoms with Gasteiger partial charge in [0.25, 0.3) is 5.91 Å². The number of likely N-dealkylation sites (tertiary alicyclic amines) is 1. The molecule has 1 aliphatic heterocycles. The van der Waals surface area contributed by atoms with Gasteiger partial charge in [0.2, 0.25) is 11.8 Å². The number of aromatic nitrogens is 4. The average molecular weight is 600 g/mol. The molecule has 1 saturated heterocycles. The van der Waals surface area contributed by atoms with Crippen molar-refractivity contribution in [3.63, 3.8) is 0 Å². The zero-order chi connectivity index (χ0) is 30.9. The molecule has 1 amide bonds. The van der Waals surface area contributed by atoms with Crippen molar-refractivity contribution in [2.75, 3.05) is 25.6 Å². The second-order valence-electron chi connectivity index (χ2n) is 9.80. The first-order valence-corrected chi connectivity index (χ1v) is 13.3. The van der Waals surface area contributed by atoms with E-state index in [1.54, 1.807) is 32.3 Å². The van der Waals surface area contributed by atoms with Gasteiger partial charge in [-0.3, -0.25) is 4.79 Å². The molecule has 43 heavy (non-hydrogen) atoms. The van der Waals surface area contributed by atoms with Crippen LogP contribution in [0.4, 0.5) is 19.1 Å². The van der Waals surface area contributed by atoms with Gasteiger partial charge in [-0.05, 0) is 44.2 Å². The van der Waals surface area contributed by atoms with Crippen LogP contribution in [-0.4, -0.2) is 69.1 Å². The number of methoxy groups -OCH3 is 1. The summed E-state index contributed by atoms with van der Waals surface area (Å²) in [6.07, 6.45) is -1.34. The van der Waals surface area contributed by atoms with Gasteiger partial charge in [0.15, 0.2) is 11.5 Å². The van der Waals surface area contributed by atoms with Crippen molar-refractivity contribution >= 4 is 28.7 Å². The molecule has 0 spiro atoms. The summed E-state index contributed by atoms with van der Waals surface area (Å²) < 4.78 is 56.7. The van der Waals surface area contributed by atoms with Crippen molar-refractivity contribution in [3.8, 4) is 17.2 Å². The number of rotatable bonds is 8. The number of hydrogen-bond donors (Lipinski definition) is 2. The van der Waals surface area contributed by atoms with Gasteiger partial charge in [-0.1, -0.05) is 0 Å². The summed E-state index contributed by atoms with van der Waals surface area (Å²) in [5.74, 6) is -0.811. The maximum atomic E-state index is 14.0. The minimum absolute atomic E-state index is 0.0363. The molecule has 0 unspecified atom stereocenters. The van der Waals surface area contributed by atoms with Crippen molar-refractivity contribution < 1.29 is 36.7 Å². The Morgan fingerprint density at radius 2 is 1.93 bits per heavy atom. The van der Waals surface area contributed by atoms with Gasteiger partial charge >= 0.3 is 12.1 Å². The Hall–Kier alpha value is -4.79. The van der Waals surface area contributed by atoms with Crippen LogP contribution < -0.4 is 15.8 Å². The van der Waals surface area contributed by atoms with Crippen molar-refractivity contribution in [3.05, 3.63) is 59.9 Å². The maximum Gasteiger partial charge on any atom is 0.433 e. The Morgan fingerprint density at radius 1 is 1.19 bits per heavy atom. The summed E-state index contributed by atoms with van der Waals surface area (Å²) in [5, 5.41) is 3.38. The molecule has 3 atom stereocenters. The van der Waals surface area contributed by atoms with Crippen LogP contribution in [0.3, 0.4) is 0 Å². The highest BCUT2D eigenvalue weighted by atomic mass is 19.4. The number of nitrogens with zero attached hydrogens (tertiary/aromatic N) is 5. The second-order valence-corrected chi connectivity index (χ2v) is 9.80. The average Bonchev–Trinajstić information content (AvgIpc) is 3.61. The van der Waals surface area contributed by atoms with Crippen LogP contribution in [0.15, 0.2) is 47.1 Å². The van der Waals surface area contributed by atoms with Gasteiger partial charge < -0.3 is 29.8 Å². The van der Waals surface area contributed by atoms with E-state index >= 15 is 0 Å². The molecular weight excluding hydrogens is 571 g/mol. The fourth-order valence-corrected chi connectivity index (χ4v) is 4.93. The lowest BCUT2D eigenvalue weighted by atomic mass is 10.1. The first kappa shape index (κ1) is 29.7. The normalized spacial score (nSPS) is 17.6. The monoisotopic (exact) mass is 599 g/mol. The number of oxazole rings is 1. The van der Waals surface area contributed by atoms with Crippen LogP contribution in [0.1, 0.15) is 48.3 Å². The summed E-state index contributed by atoms with van der Waals surface area (Å²) in [7, 11) is 1.31. The molecular formula is C28H28F3N7O5. The highest BCUT2D eigenvalue weighted by Gasteiger charge is 2.43. The number of anilines is 1. The molecule has 1 aliphatic rings. The molecule has 0 bridgehead atoms. The number of alkyl halides is 3. The SMILES string of the molecule is CCOC(=O)[C@@H]1C[C@@H](Nc2ncccn2)CN1C(=O)c1nc(-c2ccc(OC)c3nc(C(F)(F)F)ccc23)oc1[C@H](C)N. The number of fused-ring (bicyclic) bond motifs is 1. The standard InChI is InChI=1S/C28H28F3N7O5/c1-4-42-26(40)18-12-15(35-27-33-10-5-11-34-27)13-38(18)25(39)22-23(14(2)32)43-24(37-22)17-6-8-19(41-3)21-16(17)7-9-20(36-21)28(29,30)31/h5-11,14-15,18H,4,12-13,32H2,1-3H3,(H,33,34,35)/t14-,15+,18-/m0/s1. The van der Waals surface area contributed by atoms with Crippen LogP contribution in [0.5, 0.6) is 5.75 Å². The van der Waals surface area contributed by atoms with Crippen molar-refractivity contribution in [1.82, 2.24) is 24.8 Å². The first-order valence-electron chi connectivity index (χ1n) is 13.3. The number of halogens is 3. The van der Waals surface area contributed by atoms with Gasteiger partial charge in [-0.25, -0.2) is 24.7 Å². The Kier molecular flexibility index (Phi) is 8.17. The van der Waals surface area contributed by atoms with E-state index in [1.165, 1.54) is 30.2 Å². The number of ether oxygens (including phenoxy) is 2. The summed E-state index contributed by atoms with van der Waals surface area (Å²) in [4.78, 5) is 44.7. The van der Waals surface area contributed by atoms with Crippen LogP contribution in [0, 0.1) is 0 Å². The quantitative estimate of drug-likeness (QED) is 0.282. The molecule has 3 N–H and O–H groups in total. The van der Waals surface area contributed by atoms with Crippen molar-refractivity contribution in [2.24, 2.45) is 5.73 Å². The number of nitrogens with two attached hydrogens (primary N) is 1. The predicted molar refractivity (Wildman–Crippen MR) is 147 cm³/mol. The van der Waals surface area contributed by atoms with E-state index in [2.05, 4.69) is 25.3 Å². The van der Waals surface area contributed by atoms with Crippen molar-refractivity contribution in [1.29, 1.82) is 0 Å². The Balaban J connectivity index is 1.54. The van der Waals surface area contributed by atoms with Gasteiger partial charge in [0.1, 0.15) is 23.0 Å². The number of hydrogen-bond acceptors (Lipinski definition) is 11. The molecule has 3 aromatic heterocycles. The number of amides is 1. The Morgan fingerprint density at radius 3 is 2.58 bits per heavy atom. The number of benzene rings is 1. The Bertz CT molecular complexity index is 1650. The number of esters is 1. The van der Waals surface area contributed by atoms with E-state index in [-0.39, 0.29) is 65.2 Å². The summed E-state index contributed by atoms with van der Waals surface area (Å²) >= 11 is 0. The zero-order valence-corrected chi connectivity index (χ0v) is 23.4. The van der Waals surface area contributed by atoms with Crippen LogP contribution >= 0.6 is 0 Å². The lowest BCUT2D eigenvalue weighted by Crippen LogP contribution is -2.42. The molecule has 5 rings (SSSR count). The van der Waals surface area contributed by atoms with Gasteiger partial charge in [0.05, 0.1) is 19.8 Å². The van der Waals surface area contributed by atoms with E-state index in [1.807, 2.05) is 0 Å². The zero-order valence-electron chi connectivity index (χ0n) is 23.4. The summed E-state index contributed by atoms with van der Waals surface area (Å²) in [6.45, 7) is 3.46. The molecule has 0 radical (unpaired) electrons. The summed E-state index contributed by atoms with van der Waals surface area (Å²) in [6, 6.07) is 4.58. The van der Waals surface area contributed by atoms with E-state index < -0.39 is 35.8 Å². The van der Waals surface area contributed by atoms with E-state index in [0.717, 1.165) is 6.07 Å². The molecule has 1 fully saturated rings. The number of carbonyl (C=O) groups is 2. The minimum atomic E-state index is -4.68. The fourth-order valence-electron chi connectivity index (χ4n) is 4.93. The van der Waals surface area contributed by atoms with E-state index in [9.17, 15) is 22.8 Å². The third-order valence-corrected chi connectivity index (χ3v) is 6.85. The minimum Gasteiger partial charge on any atom is -0.494 e. The highest BCUT2D eigenvalue weighted by molar-refractivity contribution is 5.99. The molecule has 4 aromatic rings. The predicted octanol–water partition coefficient (Wildman–Crippen LogP) is 3.99. The number of nitrogens with one attached hydrogen (secondary N) is 1. The van der Waals surface area contributed by atoms with Gasteiger partial charge in [-0.15, -0.1) is 0 Å². The molecule has 4 heterocycles. The fraction of sp³-hybridized carbons (Fsp3) is 0.357. The molecule has 0 saturated carbocycles. The molecule has 1 aromatic carbocycles. The first-order chi connectivity index (χ1) is 20.5. The van der Waals surface area contributed by atoms with E-state index in [0.29, 0.717) is 5.95 Å². The second kappa shape index (κ2) is 11.8. The van der Waals surface area contributed by atoms with Crippen LogP contribution in [0.25, 0.3) is 22.4 Å². The van der Waals surface area contributed by atoms with Crippen LogP contribution in [0.2, 0.25) is 0 Å². The van der Waals surface area contributed by atoms with Crippen molar-refractivity contribution in [2.45, 2.75) is 44.6 Å². The smallest absolute Gasteiger partial charge is 0.433 e. The molecule has 15 heteroatoms. The topological polar surface area (TPSA) is 159 Å². The molecule has 0 aliphatic carbocycles. The van der Waals surface area contributed by atoms with E-state index in [4.69, 9.17) is 19.6 Å². The molecule has 12 nitrogen and oxygen atoms in total. The third kappa shape index (κ3) is 5.93. The Labute approximate surface area is 243 Å². The van der Waals surface area contributed by atoms with Gasteiger partial charge in [-0.2, -0.15) is 13.2 Å². The third-order valence-electron chi connectivity index (χ3n) is 6.85. The largest absolute Gasteiger partial charge is 0.494 e.